The number of hydrogen-bond acceptors (Lipinski definition) is 9. The number of hydrogen-bond donors (Lipinski definition) is 2. The minimum Gasteiger partial charge on any atom is -0.598 e. The van der Waals surface area contributed by atoms with Crippen LogP contribution in [0.2, 0.25) is 5.02 Å². The number of nitrogens with zero attached hydrogens (tertiary/aromatic N) is 3. The third-order valence-electron chi connectivity index (χ3n) is 10.3. The number of carbonyl (C=O) groups excluding carboxylic acids is 1. The second-order valence-electron chi connectivity index (χ2n) is 13.9. The van der Waals surface area contributed by atoms with Crippen LogP contribution in [0.15, 0.2) is 48.3 Å². The summed E-state index contributed by atoms with van der Waals surface area (Å²) in [5, 5.41) is 16.2. The number of allylic oxidation sites excluding steroid dienone is 1. The second kappa shape index (κ2) is 17.7. The predicted molar refractivity (Wildman–Crippen MR) is 196 cm³/mol. The van der Waals surface area contributed by atoms with Crippen molar-refractivity contribution >= 4 is 40.5 Å². The molecule has 0 bridgehead atoms. The topological polar surface area (TPSA) is 141 Å². The minimum absolute atomic E-state index is 0.106. The first-order valence-corrected chi connectivity index (χ1v) is 19.3. The van der Waals surface area contributed by atoms with E-state index < -0.39 is 46.7 Å². The second-order valence-corrected chi connectivity index (χ2v) is 15.4. The number of amides is 1. The lowest BCUT2D eigenvalue weighted by Crippen LogP contribution is -2.58. The number of fused-ring (bicyclic) bond motifs is 3. The molecule has 0 saturated carbocycles. The maximum Gasteiger partial charge on any atom is 0.335 e. The molecule has 14 heteroatoms. The van der Waals surface area contributed by atoms with E-state index in [9.17, 15) is 19.2 Å². The van der Waals surface area contributed by atoms with Crippen LogP contribution < -0.4 is 14.8 Å². The Morgan fingerprint density at radius 2 is 1.96 bits per heavy atom. The molecule has 2 aromatic rings. The van der Waals surface area contributed by atoms with E-state index >= 15 is 4.39 Å². The smallest absolute Gasteiger partial charge is 0.335 e. The fraction of sp³-hybridized carbons (Fsp3) is 0.568. The number of anilines is 1. The van der Waals surface area contributed by atoms with E-state index in [-0.39, 0.29) is 50.0 Å². The summed E-state index contributed by atoms with van der Waals surface area (Å²) in [4.78, 5) is 32.4. The van der Waals surface area contributed by atoms with Crippen LogP contribution in [0.25, 0.3) is 0 Å². The van der Waals surface area contributed by atoms with Crippen molar-refractivity contribution in [1.29, 1.82) is 0 Å². The molecule has 1 amide bonds. The van der Waals surface area contributed by atoms with Crippen LogP contribution in [0.5, 0.6) is 5.75 Å². The molecule has 11 nitrogen and oxygen atoms in total. The average Bonchev–Trinajstić information content (AvgIpc) is 3.51. The Bertz CT molecular complexity index is 1560. The highest BCUT2D eigenvalue weighted by Crippen LogP contribution is 2.46. The van der Waals surface area contributed by atoms with Crippen LogP contribution in [0.4, 0.5) is 10.1 Å². The van der Waals surface area contributed by atoms with Crippen LogP contribution in [0.3, 0.4) is 0 Å². The molecule has 2 aromatic carbocycles. The zero-order valence-corrected chi connectivity index (χ0v) is 31.2. The van der Waals surface area contributed by atoms with E-state index in [2.05, 4.69) is 11.0 Å². The monoisotopic (exact) mass is 748 g/mol. The number of carboxylic acids is 1. The summed E-state index contributed by atoms with van der Waals surface area (Å²) in [7, 11) is 3.10. The van der Waals surface area contributed by atoms with E-state index in [4.69, 9.17) is 31.0 Å². The minimum atomic E-state index is -1.54. The predicted octanol–water partition coefficient (Wildman–Crippen LogP) is 4.93. The number of carboxylic acid groups (broad SMARTS) is 1. The highest BCUT2D eigenvalue weighted by molar-refractivity contribution is 7.89. The summed E-state index contributed by atoms with van der Waals surface area (Å²) in [5.74, 6) is -1.52. The summed E-state index contributed by atoms with van der Waals surface area (Å²) < 4.78 is 45.7. The van der Waals surface area contributed by atoms with E-state index in [1.54, 1.807) is 31.3 Å². The van der Waals surface area contributed by atoms with Crippen LogP contribution in [0.1, 0.15) is 60.5 Å². The SMILES string of the molecule is COCCN(CCOC)C(=O)C(/C(F)=C/C[C@H](C)C[S+](N)[O-])N1CCC[C@H]1N1C[C@@]2(CCCc3cc(Cl)ccc32)COc2ccc(C(=O)O)cc21. The number of carbonyl (C=O) groups is 2. The quantitative estimate of drug-likeness (QED) is 0.241. The molecule has 280 valence electrons. The van der Waals surface area contributed by atoms with Crippen LogP contribution in [-0.2, 0) is 37.5 Å². The lowest BCUT2D eigenvalue weighted by atomic mass is 9.70. The van der Waals surface area contributed by atoms with Gasteiger partial charge in [-0.05, 0) is 80.0 Å². The number of aromatic carboxylic acids is 1. The largest absolute Gasteiger partial charge is 0.598 e. The van der Waals surface area contributed by atoms with Gasteiger partial charge in [0.25, 0.3) is 0 Å². The molecule has 5 rings (SSSR count). The number of ether oxygens (including phenoxy) is 3. The first-order valence-electron chi connectivity index (χ1n) is 17.5. The van der Waals surface area contributed by atoms with E-state index in [0.717, 1.165) is 30.4 Å². The van der Waals surface area contributed by atoms with Crippen molar-refractivity contribution in [3.8, 4) is 5.75 Å². The third kappa shape index (κ3) is 9.19. The van der Waals surface area contributed by atoms with Crippen molar-refractivity contribution in [3.05, 3.63) is 70.0 Å². The lowest BCUT2D eigenvalue weighted by molar-refractivity contribution is -0.138. The van der Waals surface area contributed by atoms with Crippen molar-refractivity contribution in [3.63, 3.8) is 0 Å². The van der Waals surface area contributed by atoms with Crippen molar-refractivity contribution in [2.45, 2.75) is 63.1 Å². The van der Waals surface area contributed by atoms with Gasteiger partial charge in [-0.3, -0.25) is 9.69 Å². The summed E-state index contributed by atoms with van der Waals surface area (Å²) >= 11 is 4.90. The van der Waals surface area contributed by atoms with Gasteiger partial charge in [-0.25, -0.2) is 9.18 Å². The zero-order chi connectivity index (χ0) is 36.7. The van der Waals surface area contributed by atoms with Gasteiger partial charge >= 0.3 is 5.97 Å². The van der Waals surface area contributed by atoms with Crippen molar-refractivity contribution in [2.75, 3.05) is 70.9 Å². The average molecular weight is 749 g/mol. The summed E-state index contributed by atoms with van der Waals surface area (Å²) in [6, 6.07) is 9.55. The molecule has 1 spiro atoms. The maximum absolute atomic E-state index is 16.8. The molecule has 2 heterocycles. The molecule has 51 heavy (non-hydrogen) atoms. The normalized spacial score (nSPS) is 22.5. The Morgan fingerprint density at radius 3 is 2.65 bits per heavy atom. The van der Waals surface area contributed by atoms with Crippen molar-refractivity contribution < 1.29 is 37.8 Å². The highest BCUT2D eigenvalue weighted by Gasteiger charge is 2.48. The molecule has 3 N–H and O–H groups in total. The Morgan fingerprint density at radius 1 is 1.22 bits per heavy atom. The molecule has 1 saturated heterocycles. The number of benzene rings is 2. The van der Waals surface area contributed by atoms with E-state index in [1.165, 1.54) is 12.1 Å². The van der Waals surface area contributed by atoms with Crippen molar-refractivity contribution in [1.82, 2.24) is 9.80 Å². The number of likely N-dealkylation sites (tertiary alicyclic amines) is 1. The summed E-state index contributed by atoms with van der Waals surface area (Å²) in [5.41, 5.74) is 2.51. The number of aryl methyl sites for hydroxylation is 1. The maximum atomic E-state index is 16.8. The van der Waals surface area contributed by atoms with Crippen molar-refractivity contribution in [2.24, 2.45) is 11.1 Å². The van der Waals surface area contributed by atoms with Gasteiger partial charge in [-0.2, -0.15) is 5.14 Å². The molecular weight excluding hydrogens is 699 g/mol. The number of methoxy groups -OCH3 is 2. The Labute approximate surface area is 308 Å². The molecule has 1 aliphatic carbocycles. The van der Waals surface area contributed by atoms with Crippen LogP contribution >= 0.6 is 11.6 Å². The molecular formula is C37H50ClFN4O7S. The van der Waals surface area contributed by atoms with Crippen LogP contribution in [0, 0.1) is 5.92 Å². The van der Waals surface area contributed by atoms with Gasteiger partial charge in [0, 0.05) is 68.1 Å². The zero-order valence-electron chi connectivity index (χ0n) is 29.7. The molecule has 2 unspecified atom stereocenters. The van der Waals surface area contributed by atoms with Gasteiger partial charge in [0.2, 0.25) is 5.91 Å². The Hall–Kier alpha value is -2.91. The standard InChI is InChI=1S/C37H50ClFN4O7S/c1-25(22-51(40)47)8-12-30(39)34(35(44)41(16-18-48-2)17-19-49-3)42-15-5-7-33(42)43-23-37(14-4-6-26-20-28(38)10-11-29(26)37)24-50-32-13-9-27(36(45)46)21-31(32)43/h9-13,20-21,25,33-34H,4-8,14-19,22-24,40H2,1-3H3,(H,45,46)/b30-12-/t25-,33+,34?,37-,51?/m0/s1. The van der Waals surface area contributed by atoms with Gasteiger partial charge in [-0.1, -0.05) is 30.7 Å². The fourth-order valence-electron chi connectivity index (χ4n) is 7.80. The van der Waals surface area contributed by atoms with Gasteiger partial charge in [0.05, 0.1) is 37.2 Å². The molecule has 0 aromatic heterocycles. The number of halogens is 2. The number of rotatable bonds is 15. The highest BCUT2D eigenvalue weighted by atomic mass is 35.5. The third-order valence-corrected chi connectivity index (χ3v) is 11.4. The van der Waals surface area contributed by atoms with E-state index in [1.807, 2.05) is 24.0 Å². The molecule has 1 fully saturated rings. The molecule has 2 aliphatic heterocycles. The molecule has 5 atom stereocenters. The molecule has 0 radical (unpaired) electrons. The summed E-state index contributed by atoms with van der Waals surface area (Å²) in [6.45, 7) is 4.11. The first-order chi connectivity index (χ1) is 24.5. The Kier molecular flexibility index (Phi) is 13.7. The van der Waals surface area contributed by atoms with Gasteiger partial charge in [0.1, 0.15) is 23.4 Å². The van der Waals surface area contributed by atoms with Crippen LogP contribution in [-0.4, -0.2) is 110 Å². The van der Waals surface area contributed by atoms with Gasteiger partial charge < -0.3 is 33.7 Å². The first kappa shape index (κ1) is 39.3. The molecule has 3 aliphatic rings. The van der Waals surface area contributed by atoms with Gasteiger partial charge in [0.15, 0.2) is 0 Å². The summed E-state index contributed by atoms with van der Waals surface area (Å²) in [6.07, 6.45) is 5.10. The number of nitrogens with two attached hydrogens (primary N) is 1. The lowest BCUT2D eigenvalue weighted by Gasteiger charge is -2.45. The fourth-order valence-corrected chi connectivity index (χ4v) is 8.69. The Balaban J connectivity index is 1.61. The van der Waals surface area contributed by atoms with Gasteiger partial charge in [-0.15, -0.1) is 0 Å². The van der Waals surface area contributed by atoms with E-state index in [0.29, 0.717) is 49.0 Å².